The first kappa shape index (κ1) is 21.2. The zero-order chi connectivity index (χ0) is 20.7. The van der Waals surface area contributed by atoms with Crippen molar-refractivity contribution < 1.29 is 19.5 Å². The first-order chi connectivity index (χ1) is 13.3. The van der Waals surface area contributed by atoms with Crippen molar-refractivity contribution in [2.75, 3.05) is 5.32 Å². The Balaban J connectivity index is 2.06. The zero-order valence-electron chi connectivity index (χ0n) is 16.4. The second kappa shape index (κ2) is 9.69. The van der Waals surface area contributed by atoms with Gasteiger partial charge in [0.25, 0.3) is 5.91 Å². The summed E-state index contributed by atoms with van der Waals surface area (Å²) < 4.78 is 0. The Hall–Kier alpha value is -3.15. The lowest BCUT2D eigenvalue weighted by Crippen LogP contribution is -2.47. The summed E-state index contributed by atoms with van der Waals surface area (Å²) in [5, 5.41) is 14.4. The third-order valence-corrected chi connectivity index (χ3v) is 4.37. The van der Waals surface area contributed by atoms with Crippen LogP contribution < -0.4 is 10.6 Å². The van der Waals surface area contributed by atoms with Crippen LogP contribution in [0.3, 0.4) is 0 Å². The largest absolute Gasteiger partial charge is 0.481 e. The van der Waals surface area contributed by atoms with Gasteiger partial charge in [0.2, 0.25) is 5.91 Å². The van der Waals surface area contributed by atoms with E-state index < -0.39 is 12.0 Å². The molecule has 0 aliphatic heterocycles. The third-order valence-electron chi connectivity index (χ3n) is 4.37. The monoisotopic (exact) mass is 382 g/mol. The number of rotatable bonds is 8. The van der Waals surface area contributed by atoms with Crippen molar-refractivity contribution in [2.24, 2.45) is 5.92 Å². The maximum Gasteiger partial charge on any atom is 0.303 e. The number of carbonyl (C=O) groups excluding carboxylic acids is 2. The third kappa shape index (κ3) is 6.23. The van der Waals surface area contributed by atoms with Crippen molar-refractivity contribution in [3.8, 4) is 0 Å². The lowest BCUT2D eigenvalue weighted by molar-refractivity contribution is -0.137. The number of carboxylic acid groups (broad SMARTS) is 1. The van der Waals surface area contributed by atoms with E-state index in [1.165, 1.54) is 0 Å². The molecule has 2 amide bonds. The van der Waals surface area contributed by atoms with Gasteiger partial charge in [-0.1, -0.05) is 43.7 Å². The molecule has 2 rings (SSSR count). The number of benzene rings is 2. The molecule has 0 aliphatic carbocycles. The Bertz CT molecular complexity index is 844. The Kier molecular flexibility index (Phi) is 7.32. The first-order valence-electron chi connectivity index (χ1n) is 9.25. The fraction of sp³-hybridized carbons (Fsp3) is 0.318. The smallest absolute Gasteiger partial charge is 0.303 e. The van der Waals surface area contributed by atoms with Crippen LogP contribution in [0.4, 0.5) is 5.69 Å². The highest BCUT2D eigenvalue weighted by Gasteiger charge is 2.24. The van der Waals surface area contributed by atoms with E-state index in [4.69, 9.17) is 5.11 Å². The van der Waals surface area contributed by atoms with Crippen LogP contribution in [0.25, 0.3) is 0 Å². The van der Waals surface area contributed by atoms with E-state index in [1.807, 2.05) is 39.0 Å². The number of hydrogen-bond acceptors (Lipinski definition) is 3. The fourth-order valence-corrected chi connectivity index (χ4v) is 2.74. The van der Waals surface area contributed by atoms with Crippen molar-refractivity contribution >= 4 is 23.5 Å². The van der Waals surface area contributed by atoms with Crippen LogP contribution in [0.5, 0.6) is 0 Å². The van der Waals surface area contributed by atoms with Crippen molar-refractivity contribution in [3.63, 3.8) is 0 Å². The number of aliphatic carboxylic acids is 1. The minimum absolute atomic E-state index is 0.0264. The summed E-state index contributed by atoms with van der Waals surface area (Å²) in [6, 6.07) is 13.5. The predicted octanol–water partition coefficient (Wildman–Crippen LogP) is 3.41. The van der Waals surface area contributed by atoms with Crippen LogP contribution in [0.2, 0.25) is 0 Å². The highest BCUT2D eigenvalue weighted by Crippen LogP contribution is 2.14. The molecule has 0 aromatic heterocycles. The first-order valence-corrected chi connectivity index (χ1v) is 9.25. The lowest BCUT2D eigenvalue weighted by atomic mass is 10.0. The van der Waals surface area contributed by atoms with Gasteiger partial charge in [-0.15, -0.1) is 0 Å². The van der Waals surface area contributed by atoms with Gasteiger partial charge in [0, 0.05) is 17.7 Å². The number of carboxylic acids is 1. The molecule has 6 heteroatoms. The second-order valence-electron chi connectivity index (χ2n) is 7.14. The Morgan fingerprint density at radius 3 is 2.32 bits per heavy atom. The van der Waals surface area contributed by atoms with E-state index in [0.29, 0.717) is 17.7 Å². The maximum absolute atomic E-state index is 12.7. The van der Waals surface area contributed by atoms with E-state index in [-0.39, 0.29) is 24.2 Å². The van der Waals surface area contributed by atoms with Crippen molar-refractivity contribution in [2.45, 2.75) is 39.7 Å². The zero-order valence-corrected chi connectivity index (χ0v) is 16.4. The Labute approximate surface area is 165 Å². The maximum atomic E-state index is 12.7. The quantitative estimate of drug-likeness (QED) is 0.652. The second-order valence-corrected chi connectivity index (χ2v) is 7.14. The number of nitrogens with one attached hydrogen (secondary N) is 2. The fourth-order valence-electron chi connectivity index (χ4n) is 2.74. The number of amides is 2. The molecule has 28 heavy (non-hydrogen) atoms. The van der Waals surface area contributed by atoms with Crippen LogP contribution in [0.1, 0.15) is 41.8 Å². The molecule has 2 aromatic rings. The van der Waals surface area contributed by atoms with Crippen LogP contribution in [0, 0.1) is 12.8 Å². The van der Waals surface area contributed by atoms with Crippen molar-refractivity contribution in [1.82, 2.24) is 5.32 Å². The minimum Gasteiger partial charge on any atom is -0.481 e. The summed E-state index contributed by atoms with van der Waals surface area (Å²) in [5.41, 5.74) is 2.95. The number of hydrogen-bond donors (Lipinski definition) is 3. The summed E-state index contributed by atoms with van der Waals surface area (Å²) in [6.45, 7) is 5.67. The molecular formula is C22H26N2O4. The summed E-state index contributed by atoms with van der Waals surface area (Å²) in [4.78, 5) is 35.9. The van der Waals surface area contributed by atoms with Gasteiger partial charge in [0.05, 0.1) is 0 Å². The lowest BCUT2D eigenvalue weighted by Gasteiger charge is -2.22. The van der Waals surface area contributed by atoms with Crippen LogP contribution >= 0.6 is 0 Å². The van der Waals surface area contributed by atoms with E-state index in [1.54, 1.807) is 30.3 Å². The highest BCUT2D eigenvalue weighted by molar-refractivity contribution is 6.01. The molecule has 1 atom stereocenters. The molecule has 6 nitrogen and oxygen atoms in total. The van der Waals surface area contributed by atoms with Gasteiger partial charge in [-0.2, -0.15) is 0 Å². The van der Waals surface area contributed by atoms with E-state index >= 15 is 0 Å². The molecule has 2 aromatic carbocycles. The molecule has 0 heterocycles. The predicted molar refractivity (Wildman–Crippen MR) is 108 cm³/mol. The van der Waals surface area contributed by atoms with Gasteiger partial charge in [0.1, 0.15) is 6.04 Å². The number of anilines is 1. The van der Waals surface area contributed by atoms with Crippen molar-refractivity contribution in [3.05, 3.63) is 65.2 Å². The van der Waals surface area contributed by atoms with Gasteiger partial charge in [0.15, 0.2) is 0 Å². The summed E-state index contributed by atoms with van der Waals surface area (Å²) in [6.07, 6.45) is 0.412. The average Bonchev–Trinajstić information content (AvgIpc) is 2.64. The molecule has 0 bridgehead atoms. The molecule has 0 saturated carbocycles. The van der Waals surface area contributed by atoms with Crippen LogP contribution in [-0.4, -0.2) is 28.9 Å². The van der Waals surface area contributed by atoms with Gasteiger partial charge in [-0.3, -0.25) is 14.4 Å². The van der Waals surface area contributed by atoms with E-state index in [2.05, 4.69) is 10.6 Å². The molecular weight excluding hydrogens is 356 g/mol. The van der Waals surface area contributed by atoms with E-state index in [0.717, 1.165) is 11.1 Å². The molecule has 3 N–H and O–H groups in total. The summed E-state index contributed by atoms with van der Waals surface area (Å²) in [5.74, 6) is -1.59. The normalized spacial score (nSPS) is 11.7. The van der Waals surface area contributed by atoms with Gasteiger partial charge >= 0.3 is 5.97 Å². The van der Waals surface area contributed by atoms with E-state index in [9.17, 15) is 14.4 Å². The summed E-state index contributed by atoms with van der Waals surface area (Å²) in [7, 11) is 0. The van der Waals surface area contributed by atoms with Crippen molar-refractivity contribution in [1.29, 1.82) is 0 Å². The Morgan fingerprint density at radius 1 is 1.04 bits per heavy atom. The average molecular weight is 382 g/mol. The molecule has 0 aliphatic rings. The molecule has 148 valence electrons. The SMILES string of the molecule is Cc1ccc(C(=O)NC(C(=O)Nc2cccc(CCC(=O)O)c2)C(C)C)cc1. The minimum atomic E-state index is -0.867. The van der Waals surface area contributed by atoms with Gasteiger partial charge in [-0.05, 0) is 49.1 Å². The van der Waals surface area contributed by atoms with Crippen LogP contribution in [0.15, 0.2) is 48.5 Å². The summed E-state index contributed by atoms with van der Waals surface area (Å²) >= 11 is 0. The molecule has 0 spiro atoms. The van der Waals surface area contributed by atoms with Gasteiger partial charge < -0.3 is 15.7 Å². The Morgan fingerprint density at radius 2 is 1.71 bits per heavy atom. The topological polar surface area (TPSA) is 95.5 Å². The standard InChI is InChI=1S/C22H26N2O4/c1-14(2)20(24-21(27)17-10-7-15(3)8-11-17)22(28)23-18-6-4-5-16(13-18)9-12-19(25)26/h4-8,10-11,13-14,20H,9,12H2,1-3H3,(H,23,28)(H,24,27)(H,25,26). The number of carbonyl (C=O) groups is 3. The highest BCUT2D eigenvalue weighted by atomic mass is 16.4. The van der Waals surface area contributed by atoms with Gasteiger partial charge in [-0.25, -0.2) is 0 Å². The number of aryl methyl sites for hydroxylation is 2. The molecule has 1 unspecified atom stereocenters. The molecule has 0 saturated heterocycles. The van der Waals surface area contributed by atoms with Crippen LogP contribution in [-0.2, 0) is 16.0 Å². The molecule has 0 radical (unpaired) electrons. The molecule has 0 fully saturated rings.